The van der Waals surface area contributed by atoms with Gasteiger partial charge >= 0.3 is 6.36 Å². The molecule has 5 nitrogen and oxygen atoms in total. The minimum absolute atomic E-state index is 0.113. The van der Waals surface area contributed by atoms with E-state index < -0.39 is 23.8 Å². The Labute approximate surface area is 162 Å². The van der Waals surface area contributed by atoms with Gasteiger partial charge in [-0.1, -0.05) is 12.1 Å². The van der Waals surface area contributed by atoms with Crippen molar-refractivity contribution in [2.24, 2.45) is 0 Å². The van der Waals surface area contributed by atoms with Crippen molar-refractivity contribution in [2.75, 3.05) is 5.32 Å². The van der Waals surface area contributed by atoms with Crippen LogP contribution in [0.1, 0.15) is 28.2 Å². The summed E-state index contributed by atoms with van der Waals surface area (Å²) in [6.45, 7) is 0. The number of hydrogen-bond acceptors (Lipinski definition) is 3. The molecule has 0 unspecified atom stereocenters. The first-order valence-electron chi connectivity index (χ1n) is 8.84. The summed E-state index contributed by atoms with van der Waals surface area (Å²) in [6.07, 6.45) is -2.74. The van der Waals surface area contributed by atoms with Gasteiger partial charge in [0.15, 0.2) is 11.4 Å². The Balaban J connectivity index is 1.66. The van der Waals surface area contributed by atoms with Gasteiger partial charge in [-0.25, -0.2) is 9.07 Å². The molecule has 2 aromatic carbocycles. The molecular weight excluding hydrogens is 390 g/mol. The SMILES string of the molecule is O=C(Nc1ccccc1OC(F)(F)F)c1nn(-c2ccc(F)cc2)c2c1CCC2. The number of nitrogens with one attached hydrogen (secondary N) is 1. The maximum atomic E-state index is 13.2. The molecule has 3 aromatic rings. The van der Waals surface area contributed by atoms with Gasteiger partial charge in [0.05, 0.1) is 11.4 Å². The normalized spacial score (nSPS) is 13.2. The zero-order valence-corrected chi connectivity index (χ0v) is 15.0. The monoisotopic (exact) mass is 405 g/mol. The van der Waals surface area contributed by atoms with Crippen molar-refractivity contribution in [3.8, 4) is 11.4 Å². The van der Waals surface area contributed by atoms with E-state index in [0.29, 0.717) is 18.5 Å². The average Bonchev–Trinajstić information content (AvgIpc) is 3.25. The zero-order chi connectivity index (χ0) is 20.6. The highest BCUT2D eigenvalue weighted by Crippen LogP contribution is 2.32. The summed E-state index contributed by atoms with van der Waals surface area (Å²) in [5.41, 5.74) is 2.19. The standard InChI is InChI=1S/C20H15F4N3O2/c21-12-8-10-13(11-9-12)27-16-6-3-4-14(16)18(26-27)19(28)25-15-5-1-2-7-17(15)29-20(22,23)24/h1-2,5,7-11H,3-4,6H2,(H,25,28). The minimum atomic E-state index is -4.88. The number of aromatic nitrogens is 2. The van der Waals surface area contributed by atoms with Crippen LogP contribution in [-0.2, 0) is 12.8 Å². The van der Waals surface area contributed by atoms with Gasteiger partial charge in [-0.05, 0) is 55.7 Å². The fourth-order valence-corrected chi connectivity index (χ4v) is 3.38. The Bertz CT molecular complexity index is 1060. The van der Waals surface area contributed by atoms with Crippen LogP contribution in [-0.4, -0.2) is 22.1 Å². The number of para-hydroxylation sites is 2. The Morgan fingerprint density at radius 2 is 1.79 bits per heavy atom. The van der Waals surface area contributed by atoms with Crippen molar-refractivity contribution < 1.29 is 27.1 Å². The van der Waals surface area contributed by atoms with Gasteiger partial charge < -0.3 is 10.1 Å². The lowest BCUT2D eigenvalue weighted by molar-refractivity contribution is -0.274. The van der Waals surface area contributed by atoms with E-state index in [1.54, 1.807) is 16.8 Å². The molecule has 0 atom stereocenters. The molecule has 1 N–H and O–H groups in total. The topological polar surface area (TPSA) is 56.1 Å². The lowest BCUT2D eigenvalue weighted by Crippen LogP contribution is -2.20. The molecule has 150 valence electrons. The van der Waals surface area contributed by atoms with Crippen LogP contribution < -0.4 is 10.1 Å². The molecule has 0 aliphatic heterocycles. The third-order valence-electron chi connectivity index (χ3n) is 4.58. The second-order valence-electron chi connectivity index (χ2n) is 6.51. The first-order chi connectivity index (χ1) is 13.8. The van der Waals surface area contributed by atoms with E-state index in [4.69, 9.17) is 0 Å². The summed E-state index contributed by atoms with van der Waals surface area (Å²) in [5.74, 6) is -1.54. The average molecular weight is 405 g/mol. The first kappa shape index (κ1) is 19.0. The number of hydrogen-bond donors (Lipinski definition) is 1. The number of carbonyl (C=O) groups excluding carboxylic acids is 1. The van der Waals surface area contributed by atoms with Crippen LogP contribution in [0.25, 0.3) is 5.69 Å². The summed E-state index contributed by atoms with van der Waals surface area (Å²) >= 11 is 0. The minimum Gasteiger partial charge on any atom is -0.404 e. The van der Waals surface area contributed by atoms with Crippen LogP contribution >= 0.6 is 0 Å². The van der Waals surface area contributed by atoms with Gasteiger partial charge in [-0.2, -0.15) is 5.10 Å². The number of anilines is 1. The van der Waals surface area contributed by atoms with Crippen molar-refractivity contribution in [1.82, 2.24) is 9.78 Å². The van der Waals surface area contributed by atoms with E-state index in [0.717, 1.165) is 23.7 Å². The molecule has 1 heterocycles. The Hall–Kier alpha value is -3.36. The molecule has 1 amide bonds. The van der Waals surface area contributed by atoms with Crippen molar-refractivity contribution >= 4 is 11.6 Å². The van der Waals surface area contributed by atoms with E-state index in [1.165, 1.54) is 30.3 Å². The summed E-state index contributed by atoms with van der Waals surface area (Å²) in [7, 11) is 0. The quantitative estimate of drug-likeness (QED) is 0.643. The third-order valence-corrected chi connectivity index (χ3v) is 4.58. The van der Waals surface area contributed by atoms with Gasteiger partial charge in [0.2, 0.25) is 0 Å². The van der Waals surface area contributed by atoms with E-state index in [-0.39, 0.29) is 11.4 Å². The van der Waals surface area contributed by atoms with Gasteiger partial charge in [0.25, 0.3) is 5.91 Å². The number of rotatable bonds is 4. The highest BCUT2D eigenvalue weighted by Gasteiger charge is 2.33. The molecule has 1 aliphatic rings. The lowest BCUT2D eigenvalue weighted by Gasteiger charge is -2.13. The van der Waals surface area contributed by atoms with Gasteiger partial charge in [0, 0.05) is 11.3 Å². The van der Waals surface area contributed by atoms with Crippen molar-refractivity contribution in [2.45, 2.75) is 25.6 Å². The van der Waals surface area contributed by atoms with Crippen molar-refractivity contribution in [3.63, 3.8) is 0 Å². The van der Waals surface area contributed by atoms with Crippen LogP contribution in [0.3, 0.4) is 0 Å². The molecule has 0 radical (unpaired) electrons. The number of carbonyl (C=O) groups is 1. The highest BCUT2D eigenvalue weighted by atomic mass is 19.4. The summed E-state index contributed by atoms with van der Waals surface area (Å²) in [4.78, 5) is 12.8. The molecule has 0 fully saturated rings. The van der Waals surface area contributed by atoms with Gasteiger partial charge in [-0.3, -0.25) is 4.79 Å². The molecule has 1 aliphatic carbocycles. The van der Waals surface area contributed by atoms with Gasteiger partial charge in [-0.15, -0.1) is 13.2 Å². The van der Waals surface area contributed by atoms with Crippen LogP contribution in [0, 0.1) is 5.82 Å². The fourth-order valence-electron chi connectivity index (χ4n) is 3.38. The summed E-state index contributed by atoms with van der Waals surface area (Å²) in [5, 5.41) is 6.80. The molecule has 0 spiro atoms. The Morgan fingerprint density at radius 3 is 2.52 bits per heavy atom. The van der Waals surface area contributed by atoms with Gasteiger partial charge in [0.1, 0.15) is 5.82 Å². The van der Waals surface area contributed by atoms with Crippen molar-refractivity contribution in [1.29, 1.82) is 0 Å². The Morgan fingerprint density at radius 1 is 1.07 bits per heavy atom. The third kappa shape index (κ3) is 3.94. The molecule has 0 saturated carbocycles. The number of fused-ring (bicyclic) bond motifs is 1. The van der Waals surface area contributed by atoms with E-state index in [2.05, 4.69) is 15.2 Å². The maximum absolute atomic E-state index is 13.2. The summed E-state index contributed by atoms with van der Waals surface area (Å²) < 4.78 is 56.6. The molecule has 0 bridgehead atoms. The van der Waals surface area contributed by atoms with Crippen LogP contribution in [0.15, 0.2) is 48.5 Å². The fraction of sp³-hybridized carbons (Fsp3) is 0.200. The molecule has 29 heavy (non-hydrogen) atoms. The largest absolute Gasteiger partial charge is 0.573 e. The molecule has 0 saturated heterocycles. The first-order valence-corrected chi connectivity index (χ1v) is 8.84. The molecule has 9 heteroatoms. The summed E-state index contributed by atoms with van der Waals surface area (Å²) in [6, 6.07) is 11.0. The second-order valence-corrected chi connectivity index (χ2v) is 6.51. The number of amides is 1. The molecule has 1 aromatic heterocycles. The predicted octanol–water partition coefficient (Wildman–Crippen LogP) is 4.65. The zero-order valence-electron chi connectivity index (χ0n) is 15.0. The Kier molecular flexibility index (Phi) is 4.73. The van der Waals surface area contributed by atoms with Crippen molar-refractivity contribution in [3.05, 3.63) is 71.3 Å². The highest BCUT2D eigenvalue weighted by molar-refractivity contribution is 6.05. The predicted molar refractivity (Wildman–Crippen MR) is 96.6 cm³/mol. The molecular formula is C20H15F4N3O2. The number of alkyl halides is 3. The number of ether oxygens (including phenoxy) is 1. The van der Waals surface area contributed by atoms with Crippen LogP contribution in [0.5, 0.6) is 5.75 Å². The van der Waals surface area contributed by atoms with E-state index in [9.17, 15) is 22.4 Å². The molecule has 4 rings (SSSR count). The van der Waals surface area contributed by atoms with Crippen LogP contribution in [0.4, 0.5) is 23.2 Å². The second kappa shape index (κ2) is 7.23. The number of benzene rings is 2. The van der Waals surface area contributed by atoms with E-state index >= 15 is 0 Å². The maximum Gasteiger partial charge on any atom is 0.573 e. The number of halogens is 4. The van der Waals surface area contributed by atoms with Crippen LogP contribution in [0.2, 0.25) is 0 Å². The smallest absolute Gasteiger partial charge is 0.404 e. The van der Waals surface area contributed by atoms with E-state index in [1.807, 2.05) is 0 Å². The number of nitrogens with zero attached hydrogens (tertiary/aromatic N) is 2. The lowest BCUT2D eigenvalue weighted by atomic mass is 10.2.